The summed E-state index contributed by atoms with van der Waals surface area (Å²) in [6, 6.07) is 12.3. The molecule has 0 saturated heterocycles. The second-order valence-electron chi connectivity index (χ2n) is 5.20. The molecule has 0 unspecified atom stereocenters. The molecule has 0 atom stereocenters. The van der Waals surface area contributed by atoms with Crippen molar-refractivity contribution < 1.29 is 14.7 Å². The van der Waals surface area contributed by atoms with E-state index in [1.165, 1.54) is 11.0 Å². The Kier molecular flexibility index (Phi) is 5.83. The lowest BCUT2D eigenvalue weighted by atomic mass is 10.1. The van der Waals surface area contributed by atoms with Gasteiger partial charge in [-0.2, -0.15) is 5.10 Å². The van der Waals surface area contributed by atoms with Crippen LogP contribution in [0, 0.1) is 0 Å². The van der Waals surface area contributed by atoms with E-state index < -0.39 is 5.97 Å². The maximum atomic E-state index is 12.3. The van der Waals surface area contributed by atoms with Crippen LogP contribution in [0.2, 0.25) is 0 Å². The summed E-state index contributed by atoms with van der Waals surface area (Å²) in [5.41, 5.74) is 1.06. The van der Waals surface area contributed by atoms with Gasteiger partial charge in [-0.1, -0.05) is 30.3 Å². The number of likely N-dealkylation sites (N-methyl/N-ethyl adjacent to an activating group) is 1. The van der Waals surface area contributed by atoms with Gasteiger partial charge in [-0.15, -0.1) is 0 Å². The molecule has 0 saturated carbocycles. The topological polar surface area (TPSA) is 92.5 Å². The molecule has 1 heterocycles. The molecule has 2 rings (SSSR count). The summed E-state index contributed by atoms with van der Waals surface area (Å²) < 4.78 is 1.11. The van der Waals surface area contributed by atoms with E-state index in [4.69, 9.17) is 5.11 Å². The van der Waals surface area contributed by atoms with E-state index in [0.29, 0.717) is 12.2 Å². The number of nitrogens with zero attached hydrogens (tertiary/aromatic N) is 3. The zero-order valence-electron chi connectivity index (χ0n) is 13.4. The van der Waals surface area contributed by atoms with Crippen molar-refractivity contribution in [2.24, 2.45) is 0 Å². The maximum absolute atomic E-state index is 12.3. The van der Waals surface area contributed by atoms with Crippen LogP contribution in [0.15, 0.2) is 47.3 Å². The Morgan fingerprint density at radius 1 is 1.17 bits per heavy atom. The number of carbonyl (C=O) groups is 2. The third kappa shape index (κ3) is 4.52. The van der Waals surface area contributed by atoms with Crippen LogP contribution in [0.5, 0.6) is 0 Å². The Morgan fingerprint density at radius 3 is 2.50 bits per heavy atom. The number of hydrogen-bond donors (Lipinski definition) is 1. The second kappa shape index (κ2) is 8.05. The van der Waals surface area contributed by atoms with Crippen molar-refractivity contribution >= 4 is 11.9 Å². The standard InChI is InChI=1S/C17H19N3O4/c1-2-19(11-10-17(23)24)16(22)12-20-15(21)9-8-14(18-20)13-6-4-3-5-7-13/h3-9H,2,10-12H2,1H3,(H,23,24). The molecule has 1 N–H and O–H groups in total. The number of carboxylic acid groups (broad SMARTS) is 1. The van der Waals surface area contributed by atoms with E-state index in [9.17, 15) is 14.4 Å². The summed E-state index contributed by atoms with van der Waals surface area (Å²) in [4.78, 5) is 36.3. The lowest BCUT2D eigenvalue weighted by molar-refractivity contribution is -0.138. The molecule has 0 spiro atoms. The van der Waals surface area contributed by atoms with Gasteiger partial charge >= 0.3 is 5.97 Å². The number of carbonyl (C=O) groups excluding carboxylic acids is 1. The largest absolute Gasteiger partial charge is 0.481 e. The minimum absolute atomic E-state index is 0.109. The van der Waals surface area contributed by atoms with E-state index in [0.717, 1.165) is 10.2 Å². The number of aromatic nitrogens is 2. The summed E-state index contributed by atoms with van der Waals surface area (Å²) in [5, 5.41) is 13.0. The quantitative estimate of drug-likeness (QED) is 0.825. The van der Waals surface area contributed by atoms with Crippen LogP contribution < -0.4 is 5.56 Å². The number of rotatable bonds is 7. The molecule has 0 bridgehead atoms. The fourth-order valence-electron chi connectivity index (χ4n) is 2.24. The van der Waals surface area contributed by atoms with Gasteiger partial charge in [0.25, 0.3) is 5.56 Å². The van der Waals surface area contributed by atoms with Crippen LogP contribution in [0.4, 0.5) is 0 Å². The van der Waals surface area contributed by atoms with Crippen LogP contribution in [0.3, 0.4) is 0 Å². The Labute approximate surface area is 139 Å². The van der Waals surface area contributed by atoms with E-state index in [1.807, 2.05) is 30.3 Å². The maximum Gasteiger partial charge on any atom is 0.305 e. The zero-order valence-corrected chi connectivity index (χ0v) is 13.4. The molecule has 0 fully saturated rings. The third-order valence-corrected chi connectivity index (χ3v) is 3.55. The lowest BCUT2D eigenvalue weighted by Crippen LogP contribution is -2.38. The molecule has 24 heavy (non-hydrogen) atoms. The molecule has 7 nitrogen and oxygen atoms in total. The Balaban J connectivity index is 2.18. The molecule has 7 heteroatoms. The van der Waals surface area contributed by atoms with Gasteiger partial charge in [0.05, 0.1) is 12.1 Å². The van der Waals surface area contributed by atoms with Crippen molar-refractivity contribution in [2.75, 3.05) is 13.1 Å². The SMILES string of the molecule is CCN(CCC(=O)O)C(=O)Cn1nc(-c2ccccc2)ccc1=O. The summed E-state index contributed by atoms with van der Waals surface area (Å²) >= 11 is 0. The molecule has 126 valence electrons. The van der Waals surface area contributed by atoms with E-state index in [1.54, 1.807) is 13.0 Å². The van der Waals surface area contributed by atoms with Crippen molar-refractivity contribution in [3.05, 3.63) is 52.8 Å². The predicted octanol–water partition coefficient (Wildman–Crippen LogP) is 1.23. The van der Waals surface area contributed by atoms with Gasteiger partial charge in [0.1, 0.15) is 6.54 Å². The predicted molar refractivity (Wildman–Crippen MR) is 88.4 cm³/mol. The molecule has 1 amide bonds. The van der Waals surface area contributed by atoms with Gasteiger partial charge in [-0.25, -0.2) is 4.68 Å². The normalized spacial score (nSPS) is 10.4. The fraction of sp³-hybridized carbons (Fsp3) is 0.294. The third-order valence-electron chi connectivity index (χ3n) is 3.55. The Hall–Kier alpha value is -2.96. The highest BCUT2D eigenvalue weighted by atomic mass is 16.4. The highest BCUT2D eigenvalue weighted by molar-refractivity contribution is 5.76. The molecular formula is C17H19N3O4. The molecule has 0 aliphatic rings. The molecular weight excluding hydrogens is 310 g/mol. The highest BCUT2D eigenvalue weighted by Gasteiger charge is 2.15. The van der Waals surface area contributed by atoms with Crippen LogP contribution in [0.25, 0.3) is 11.3 Å². The van der Waals surface area contributed by atoms with Crippen molar-refractivity contribution in [3.63, 3.8) is 0 Å². The van der Waals surface area contributed by atoms with Gasteiger partial charge in [0, 0.05) is 24.7 Å². The van der Waals surface area contributed by atoms with Gasteiger partial charge in [0.15, 0.2) is 0 Å². The van der Waals surface area contributed by atoms with E-state index >= 15 is 0 Å². The first-order valence-corrected chi connectivity index (χ1v) is 7.64. The zero-order chi connectivity index (χ0) is 17.5. The van der Waals surface area contributed by atoms with Crippen molar-refractivity contribution in [2.45, 2.75) is 19.9 Å². The van der Waals surface area contributed by atoms with Gasteiger partial charge in [-0.05, 0) is 13.0 Å². The van der Waals surface area contributed by atoms with E-state index in [2.05, 4.69) is 5.10 Å². The lowest BCUT2D eigenvalue weighted by Gasteiger charge is -2.20. The number of carboxylic acids is 1. The molecule has 1 aromatic carbocycles. The van der Waals surface area contributed by atoms with Gasteiger partial charge in [-0.3, -0.25) is 14.4 Å². The average molecular weight is 329 g/mol. The molecule has 0 aliphatic heterocycles. The number of aliphatic carboxylic acids is 1. The molecule has 2 aromatic rings. The summed E-state index contributed by atoms with van der Waals surface area (Å²) in [6.07, 6.45) is -0.133. The second-order valence-corrected chi connectivity index (χ2v) is 5.20. The Bertz CT molecular complexity index is 771. The van der Waals surface area contributed by atoms with Crippen molar-refractivity contribution in [1.29, 1.82) is 0 Å². The number of benzene rings is 1. The first-order chi connectivity index (χ1) is 11.5. The number of amides is 1. The van der Waals surface area contributed by atoms with Crippen LogP contribution in [-0.4, -0.2) is 44.8 Å². The average Bonchev–Trinajstić information content (AvgIpc) is 2.58. The molecule has 0 aliphatic carbocycles. The Morgan fingerprint density at radius 2 is 1.88 bits per heavy atom. The number of hydrogen-bond acceptors (Lipinski definition) is 4. The van der Waals surface area contributed by atoms with Crippen molar-refractivity contribution in [3.8, 4) is 11.3 Å². The van der Waals surface area contributed by atoms with Gasteiger partial charge < -0.3 is 10.0 Å². The van der Waals surface area contributed by atoms with Gasteiger partial charge in [0.2, 0.25) is 5.91 Å². The van der Waals surface area contributed by atoms with Crippen LogP contribution in [0.1, 0.15) is 13.3 Å². The molecule has 0 radical (unpaired) electrons. The highest BCUT2D eigenvalue weighted by Crippen LogP contribution is 2.13. The smallest absolute Gasteiger partial charge is 0.305 e. The minimum Gasteiger partial charge on any atom is -0.481 e. The first kappa shape index (κ1) is 17.4. The fourth-order valence-corrected chi connectivity index (χ4v) is 2.24. The summed E-state index contributed by atoms with van der Waals surface area (Å²) in [6.45, 7) is 2.03. The molecule has 1 aromatic heterocycles. The van der Waals surface area contributed by atoms with Crippen molar-refractivity contribution in [1.82, 2.24) is 14.7 Å². The summed E-state index contributed by atoms with van der Waals surface area (Å²) in [5.74, 6) is -1.30. The summed E-state index contributed by atoms with van der Waals surface area (Å²) in [7, 11) is 0. The van der Waals surface area contributed by atoms with Crippen LogP contribution >= 0.6 is 0 Å². The van der Waals surface area contributed by atoms with E-state index in [-0.39, 0.29) is 31.0 Å². The first-order valence-electron chi connectivity index (χ1n) is 7.64. The minimum atomic E-state index is -0.970. The van der Waals surface area contributed by atoms with Crippen LogP contribution in [-0.2, 0) is 16.1 Å². The monoisotopic (exact) mass is 329 g/mol.